The number of carbonyl (C=O) groups is 1. The molecule has 0 saturated carbocycles. The summed E-state index contributed by atoms with van der Waals surface area (Å²) in [6, 6.07) is 13.3. The molecule has 0 saturated heterocycles. The van der Waals surface area contributed by atoms with Gasteiger partial charge >= 0.3 is 0 Å². The Bertz CT molecular complexity index is 1180. The van der Waals surface area contributed by atoms with Crippen molar-refractivity contribution in [1.29, 1.82) is 0 Å². The summed E-state index contributed by atoms with van der Waals surface area (Å²) in [6.07, 6.45) is 0. The minimum absolute atomic E-state index is 0.277. The average molecular weight is 392 g/mol. The number of aryl methyl sites for hydroxylation is 2. The number of fused-ring (bicyclic) bond motifs is 1. The molecule has 0 aliphatic heterocycles. The molecule has 2 aromatic carbocycles. The molecule has 0 aliphatic carbocycles. The van der Waals surface area contributed by atoms with Gasteiger partial charge < -0.3 is 11.1 Å². The van der Waals surface area contributed by atoms with E-state index in [9.17, 15) is 9.18 Å². The Morgan fingerprint density at radius 1 is 1.04 bits per heavy atom. The summed E-state index contributed by atoms with van der Waals surface area (Å²) in [5.41, 5.74) is 8.41. The maximum absolute atomic E-state index is 13.4. The van der Waals surface area contributed by atoms with Crippen LogP contribution in [0.3, 0.4) is 0 Å². The zero-order chi connectivity index (χ0) is 19.8. The van der Waals surface area contributed by atoms with E-state index in [4.69, 9.17) is 5.73 Å². The molecule has 0 spiro atoms. The first kappa shape index (κ1) is 18.1. The lowest BCUT2D eigenvalue weighted by molar-refractivity contribution is 0.100. The molecular formula is C21H17FN4OS. The number of anilines is 2. The molecule has 28 heavy (non-hydrogen) atoms. The summed E-state index contributed by atoms with van der Waals surface area (Å²) >= 11 is 1.58. The van der Waals surface area contributed by atoms with E-state index < -0.39 is 5.91 Å². The number of aromatic nitrogens is 2. The first-order valence-corrected chi connectivity index (χ1v) is 9.44. The first-order valence-electron chi connectivity index (χ1n) is 8.63. The van der Waals surface area contributed by atoms with Crippen molar-refractivity contribution in [2.24, 2.45) is 5.73 Å². The van der Waals surface area contributed by atoms with Gasteiger partial charge in [0.15, 0.2) is 0 Å². The van der Waals surface area contributed by atoms with Crippen LogP contribution in [0, 0.1) is 19.7 Å². The van der Waals surface area contributed by atoms with E-state index in [1.54, 1.807) is 47.7 Å². The van der Waals surface area contributed by atoms with Gasteiger partial charge in [-0.3, -0.25) is 4.79 Å². The Kier molecular flexibility index (Phi) is 4.52. The van der Waals surface area contributed by atoms with Crippen molar-refractivity contribution >= 4 is 39.0 Å². The molecule has 0 fully saturated rings. The lowest BCUT2D eigenvalue weighted by atomic mass is 10.0. The van der Waals surface area contributed by atoms with Crippen molar-refractivity contribution in [1.82, 2.24) is 9.97 Å². The number of carbonyl (C=O) groups excluding carboxylic acids is 1. The maximum Gasteiger partial charge on any atom is 0.248 e. The Balaban J connectivity index is 1.85. The number of benzene rings is 2. The number of rotatable bonds is 4. The Morgan fingerprint density at radius 3 is 2.36 bits per heavy atom. The molecule has 2 heterocycles. The zero-order valence-electron chi connectivity index (χ0n) is 15.3. The van der Waals surface area contributed by atoms with Crippen molar-refractivity contribution in [3.05, 3.63) is 70.6 Å². The lowest BCUT2D eigenvalue weighted by Crippen LogP contribution is -2.10. The molecule has 3 N–H and O–H groups in total. The predicted molar refractivity (Wildman–Crippen MR) is 111 cm³/mol. The highest BCUT2D eigenvalue weighted by Crippen LogP contribution is 2.41. The van der Waals surface area contributed by atoms with E-state index in [-0.39, 0.29) is 5.82 Å². The maximum atomic E-state index is 13.4. The summed E-state index contributed by atoms with van der Waals surface area (Å²) in [5, 5.41) is 4.21. The Morgan fingerprint density at radius 2 is 1.71 bits per heavy atom. The highest BCUT2D eigenvalue weighted by Gasteiger charge is 2.18. The molecule has 4 rings (SSSR count). The fourth-order valence-corrected chi connectivity index (χ4v) is 4.22. The third-order valence-electron chi connectivity index (χ3n) is 4.40. The molecular weight excluding hydrogens is 375 g/mol. The van der Waals surface area contributed by atoms with Crippen LogP contribution in [0.4, 0.5) is 15.9 Å². The van der Waals surface area contributed by atoms with Crippen LogP contribution in [0.5, 0.6) is 0 Å². The van der Waals surface area contributed by atoms with Crippen LogP contribution in [-0.2, 0) is 0 Å². The molecule has 4 aromatic rings. The van der Waals surface area contributed by atoms with Crippen molar-refractivity contribution in [2.75, 3.05) is 5.32 Å². The van der Waals surface area contributed by atoms with Gasteiger partial charge in [-0.2, -0.15) is 0 Å². The van der Waals surface area contributed by atoms with Gasteiger partial charge in [0.1, 0.15) is 22.3 Å². The fraction of sp³-hybridized carbons (Fsp3) is 0.0952. The van der Waals surface area contributed by atoms with Gasteiger partial charge in [-0.25, -0.2) is 14.4 Å². The summed E-state index contributed by atoms with van der Waals surface area (Å²) in [7, 11) is 0. The molecule has 0 atom stereocenters. The molecule has 0 unspecified atom stereocenters. The third-order valence-corrected chi connectivity index (χ3v) is 5.40. The second kappa shape index (κ2) is 7.01. The monoisotopic (exact) mass is 392 g/mol. The highest BCUT2D eigenvalue weighted by atomic mass is 32.1. The number of nitrogens with two attached hydrogens (primary N) is 1. The first-order chi connectivity index (χ1) is 13.4. The number of thiophene rings is 1. The van der Waals surface area contributed by atoms with Gasteiger partial charge in [0.2, 0.25) is 5.91 Å². The van der Waals surface area contributed by atoms with E-state index in [2.05, 4.69) is 15.3 Å². The van der Waals surface area contributed by atoms with Gasteiger partial charge in [0.05, 0.1) is 5.39 Å². The zero-order valence-corrected chi connectivity index (χ0v) is 16.1. The van der Waals surface area contributed by atoms with E-state index >= 15 is 0 Å². The van der Waals surface area contributed by atoms with Crippen LogP contribution in [-0.4, -0.2) is 15.9 Å². The average Bonchev–Trinajstić information content (AvgIpc) is 2.98. The van der Waals surface area contributed by atoms with Crippen LogP contribution < -0.4 is 11.1 Å². The standard InChI is InChI=1S/C21H17FN4OS/c1-11-17(13-3-7-15(22)8-4-13)18-20(24-12(2)25-21(18)28-11)26-16-9-5-14(6-10-16)19(23)27/h3-10H,1-2H3,(H2,23,27)(H,24,25,26). The van der Waals surface area contributed by atoms with E-state index in [1.165, 1.54) is 12.1 Å². The minimum Gasteiger partial charge on any atom is -0.366 e. The minimum atomic E-state index is -0.473. The normalized spacial score (nSPS) is 11.0. The van der Waals surface area contributed by atoms with Gasteiger partial charge in [-0.1, -0.05) is 12.1 Å². The Labute approximate surface area is 165 Å². The van der Waals surface area contributed by atoms with Gasteiger partial charge in [-0.05, 0) is 55.8 Å². The molecule has 5 nitrogen and oxygen atoms in total. The number of halogens is 1. The third kappa shape index (κ3) is 3.32. The van der Waals surface area contributed by atoms with Crippen molar-refractivity contribution in [2.45, 2.75) is 13.8 Å². The van der Waals surface area contributed by atoms with Gasteiger partial charge in [-0.15, -0.1) is 11.3 Å². The number of hydrogen-bond acceptors (Lipinski definition) is 5. The summed E-state index contributed by atoms with van der Waals surface area (Å²) in [4.78, 5) is 22.4. The van der Waals surface area contributed by atoms with Crippen molar-refractivity contribution < 1.29 is 9.18 Å². The summed E-state index contributed by atoms with van der Waals surface area (Å²) in [6.45, 7) is 3.86. The Hall–Kier alpha value is -3.32. The van der Waals surface area contributed by atoms with Gasteiger partial charge in [0.25, 0.3) is 0 Å². The smallest absolute Gasteiger partial charge is 0.248 e. The van der Waals surface area contributed by atoms with Crippen LogP contribution in [0.1, 0.15) is 21.1 Å². The van der Waals surface area contributed by atoms with Crippen LogP contribution in [0.25, 0.3) is 21.3 Å². The SMILES string of the molecule is Cc1nc(Nc2ccc(C(N)=O)cc2)c2c(-c3ccc(F)cc3)c(C)sc2n1. The fourth-order valence-electron chi connectivity index (χ4n) is 3.13. The van der Waals surface area contributed by atoms with Crippen molar-refractivity contribution in [3.8, 4) is 11.1 Å². The topological polar surface area (TPSA) is 80.9 Å². The molecule has 0 radical (unpaired) electrons. The lowest BCUT2D eigenvalue weighted by Gasteiger charge is -2.10. The van der Waals surface area contributed by atoms with Crippen molar-refractivity contribution in [3.63, 3.8) is 0 Å². The molecule has 140 valence electrons. The number of primary amides is 1. The van der Waals surface area contributed by atoms with Crippen LogP contribution in [0.2, 0.25) is 0 Å². The molecule has 0 aliphatic rings. The predicted octanol–water partition coefficient (Wildman–Crippen LogP) is 4.96. The van der Waals surface area contributed by atoms with Crippen LogP contribution in [0.15, 0.2) is 48.5 Å². The molecule has 2 aromatic heterocycles. The van der Waals surface area contributed by atoms with E-state index in [0.717, 1.165) is 31.9 Å². The van der Waals surface area contributed by atoms with Crippen LogP contribution >= 0.6 is 11.3 Å². The largest absolute Gasteiger partial charge is 0.366 e. The number of nitrogens with zero attached hydrogens (tertiary/aromatic N) is 2. The highest BCUT2D eigenvalue weighted by molar-refractivity contribution is 7.19. The quantitative estimate of drug-likeness (QED) is 0.514. The van der Waals surface area contributed by atoms with Gasteiger partial charge in [0, 0.05) is 21.7 Å². The molecule has 0 bridgehead atoms. The molecule has 1 amide bonds. The summed E-state index contributed by atoms with van der Waals surface area (Å²) in [5.74, 6) is 0.563. The number of hydrogen-bond donors (Lipinski definition) is 2. The second-order valence-corrected chi connectivity index (χ2v) is 7.61. The molecule has 7 heteroatoms. The van der Waals surface area contributed by atoms with E-state index in [1.807, 2.05) is 13.8 Å². The second-order valence-electron chi connectivity index (χ2n) is 6.41. The summed E-state index contributed by atoms with van der Waals surface area (Å²) < 4.78 is 13.4. The number of nitrogens with one attached hydrogen (secondary N) is 1. The van der Waals surface area contributed by atoms with E-state index in [0.29, 0.717) is 17.2 Å². The number of amides is 1.